The summed E-state index contributed by atoms with van der Waals surface area (Å²) in [6.07, 6.45) is 2.58. The number of rotatable bonds is 1. The topological polar surface area (TPSA) is 0 Å². The molecule has 0 nitrogen and oxygen atoms in total. The van der Waals surface area contributed by atoms with E-state index in [4.69, 9.17) is 7.85 Å². The maximum atomic E-state index is 5.95. The molecule has 0 atom stereocenters. The fraction of sp³-hybridized carbons (Fsp3) is 0.286. The first-order chi connectivity index (χ1) is 7.19. The number of hydrogen-bond acceptors (Lipinski definition) is 0. The summed E-state index contributed by atoms with van der Waals surface area (Å²) in [5.41, 5.74) is 2.70. The van der Waals surface area contributed by atoms with Gasteiger partial charge < -0.3 is 0 Å². The van der Waals surface area contributed by atoms with Gasteiger partial charge in [0.05, 0.1) is 0 Å². The van der Waals surface area contributed by atoms with E-state index in [0.717, 1.165) is 5.46 Å². The van der Waals surface area contributed by atoms with E-state index >= 15 is 0 Å². The molecule has 3 rings (SSSR count). The van der Waals surface area contributed by atoms with Gasteiger partial charge in [0.2, 0.25) is 0 Å². The summed E-state index contributed by atoms with van der Waals surface area (Å²) >= 11 is 0. The molecule has 1 saturated carbocycles. The van der Waals surface area contributed by atoms with Crippen LogP contribution >= 0.6 is 0 Å². The molecule has 15 heavy (non-hydrogen) atoms. The second-order valence-electron chi connectivity index (χ2n) is 4.85. The largest absolute Gasteiger partial charge is 0.113 e. The van der Waals surface area contributed by atoms with Gasteiger partial charge in [0.1, 0.15) is 7.85 Å². The van der Waals surface area contributed by atoms with Crippen LogP contribution in [-0.4, -0.2) is 7.85 Å². The van der Waals surface area contributed by atoms with Crippen LogP contribution in [0.1, 0.15) is 25.3 Å². The molecule has 1 heteroatoms. The van der Waals surface area contributed by atoms with E-state index in [1.54, 1.807) is 0 Å². The minimum atomic E-state index is 0.384. The van der Waals surface area contributed by atoms with Crippen LogP contribution in [0.5, 0.6) is 0 Å². The van der Waals surface area contributed by atoms with Crippen LogP contribution < -0.4 is 5.46 Å². The molecule has 0 aliphatic heterocycles. The second kappa shape index (κ2) is 2.88. The lowest BCUT2D eigenvalue weighted by molar-refractivity contribution is 0.798. The quantitative estimate of drug-likeness (QED) is 0.609. The predicted octanol–water partition coefficient (Wildman–Crippen LogP) is 2.69. The lowest BCUT2D eigenvalue weighted by Crippen LogP contribution is -2.09. The Bertz CT molecular complexity index is 524. The minimum Gasteiger partial charge on any atom is -0.0958 e. The van der Waals surface area contributed by atoms with E-state index in [9.17, 15) is 0 Å². The van der Waals surface area contributed by atoms with Crippen LogP contribution in [0.15, 0.2) is 36.4 Å². The Morgan fingerprint density at radius 3 is 2.60 bits per heavy atom. The van der Waals surface area contributed by atoms with Crippen LogP contribution in [0.3, 0.4) is 0 Å². The summed E-state index contributed by atoms with van der Waals surface area (Å²) in [5.74, 6) is 0. The van der Waals surface area contributed by atoms with Crippen molar-refractivity contribution >= 4 is 24.1 Å². The Morgan fingerprint density at radius 1 is 1.13 bits per heavy atom. The van der Waals surface area contributed by atoms with Gasteiger partial charge in [-0.25, -0.2) is 0 Å². The first-order valence-electron chi connectivity index (χ1n) is 5.48. The highest BCUT2D eigenvalue weighted by Crippen LogP contribution is 2.49. The normalized spacial score (nSPS) is 17.9. The van der Waals surface area contributed by atoms with Crippen molar-refractivity contribution in [1.82, 2.24) is 0 Å². The van der Waals surface area contributed by atoms with Gasteiger partial charge >= 0.3 is 0 Å². The molecule has 1 aliphatic carbocycles. The van der Waals surface area contributed by atoms with Gasteiger partial charge in [-0.3, -0.25) is 0 Å². The maximum Gasteiger partial charge on any atom is 0.113 e. The molecule has 0 bridgehead atoms. The van der Waals surface area contributed by atoms with E-state index in [1.807, 2.05) is 0 Å². The molecule has 2 radical (unpaired) electrons. The molecular formula is C14H13B. The van der Waals surface area contributed by atoms with Crippen LogP contribution in [0.25, 0.3) is 10.8 Å². The van der Waals surface area contributed by atoms with Gasteiger partial charge in [0.25, 0.3) is 0 Å². The number of hydrogen-bond donors (Lipinski definition) is 0. The average molecular weight is 192 g/mol. The van der Waals surface area contributed by atoms with Gasteiger partial charge in [-0.2, -0.15) is 0 Å². The van der Waals surface area contributed by atoms with Crippen LogP contribution in [0.2, 0.25) is 0 Å². The molecule has 0 amide bonds. The summed E-state index contributed by atoms with van der Waals surface area (Å²) < 4.78 is 0. The highest BCUT2D eigenvalue weighted by atomic mass is 14.4. The summed E-state index contributed by atoms with van der Waals surface area (Å²) in [6.45, 7) is 2.33. The zero-order valence-corrected chi connectivity index (χ0v) is 8.96. The molecule has 0 heterocycles. The van der Waals surface area contributed by atoms with Crippen molar-refractivity contribution in [3.63, 3.8) is 0 Å². The first kappa shape index (κ1) is 9.02. The van der Waals surface area contributed by atoms with Crippen molar-refractivity contribution in [2.24, 2.45) is 0 Å². The third kappa shape index (κ3) is 1.38. The lowest BCUT2D eigenvalue weighted by atomic mass is 9.85. The van der Waals surface area contributed by atoms with Gasteiger partial charge in [-0.15, -0.1) is 0 Å². The third-order valence-electron chi connectivity index (χ3n) is 3.53. The zero-order valence-electron chi connectivity index (χ0n) is 8.96. The highest BCUT2D eigenvalue weighted by Gasteiger charge is 2.39. The monoisotopic (exact) mass is 192 g/mol. The fourth-order valence-corrected chi connectivity index (χ4v) is 2.29. The number of fused-ring (bicyclic) bond motifs is 1. The van der Waals surface area contributed by atoms with E-state index in [-0.39, 0.29) is 0 Å². The maximum absolute atomic E-state index is 5.95. The highest BCUT2D eigenvalue weighted by molar-refractivity contribution is 6.33. The minimum absolute atomic E-state index is 0.384. The molecule has 2 aromatic rings. The molecule has 0 N–H and O–H groups in total. The summed E-state index contributed by atoms with van der Waals surface area (Å²) in [7, 11) is 5.95. The van der Waals surface area contributed by atoms with E-state index in [1.165, 1.54) is 29.2 Å². The van der Waals surface area contributed by atoms with Crippen molar-refractivity contribution in [2.45, 2.75) is 25.2 Å². The second-order valence-corrected chi connectivity index (χ2v) is 4.85. The van der Waals surface area contributed by atoms with E-state index < -0.39 is 0 Å². The molecule has 1 fully saturated rings. The lowest BCUT2D eigenvalue weighted by Gasteiger charge is -2.14. The van der Waals surface area contributed by atoms with Crippen molar-refractivity contribution in [3.8, 4) is 0 Å². The van der Waals surface area contributed by atoms with Gasteiger partial charge in [-0.1, -0.05) is 48.8 Å². The Morgan fingerprint density at radius 2 is 1.87 bits per heavy atom. The Balaban J connectivity index is 2.36. The molecule has 1 aliphatic rings. The number of benzene rings is 2. The average Bonchev–Trinajstić information content (AvgIpc) is 2.96. The van der Waals surface area contributed by atoms with E-state index in [2.05, 4.69) is 43.3 Å². The summed E-state index contributed by atoms with van der Waals surface area (Å²) in [4.78, 5) is 0. The fourth-order valence-electron chi connectivity index (χ4n) is 2.29. The standard InChI is InChI=1S/C14H13B/c1-14(6-7-14)13-9-11(15)8-10-4-2-3-5-12(10)13/h2-5,8-9H,6-7H2,1H3. The van der Waals surface area contributed by atoms with Crippen LogP contribution in [-0.2, 0) is 5.41 Å². The Hall–Kier alpha value is -1.24. The van der Waals surface area contributed by atoms with Crippen molar-refractivity contribution in [3.05, 3.63) is 42.0 Å². The van der Waals surface area contributed by atoms with Crippen molar-refractivity contribution in [1.29, 1.82) is 0 Å². The van der Waals surface area contributed by atoms with E-state index in [0.29, 0.717) is 5.41 Å². The van der Waals surface area contributed by atoms with Gasteiger partial charge in [-0.05, 0) is 34.6 Å². The van der Waals surface area contributed by atoms with Gasteiger partial charge in [0.15, 0.2) is 0 Å². The SMILES string of the molecule is [B]c1cc(C2(C)CC2)c2ccccc2c1. The smallest absolute Gasteiger partial charge is 0.0958 e. The van der Waals surface area contributed by atoms with Crippen molar-refractivity contribution < 1.29 is 0 Å². The van der Waals surface area contributed by atoms with Crippen molar-refractivity contribution in [2.75, 3.05) is 0 Å². The molecule has 2 aromatic carbocycles. The Kier molecular flexibility index (Phi) is 1.73. The Labute approximate surface area is 91.7 Å². The third-order valence-corrected chi connectivity index (χ3v) is 3.53. The summed E-state index contributed by atoms with van der Waals surface area (Å²) in [5, 5.41) is 2.63. The molecule has 0 aromatic heterocycles. The predicted molar refractivity (Wildman–Crippen MR) is 65.9 cm³/mol. The van der Waals surface area contributed by atoms with Gasteiger partial charge in [0, 0.05) is 0 Å². The zero-order chi connectivity index (χ0) is 10.5. The summed E-state index contributed by atoms with van der Waals surface area (Å²) in [6, 6.07) is 12.7. The molecule has 72 valence electrons. The first-order valence-corrected chi connectivity index (χ1v) is 5.48. The molecule has 0 unspecified atom stereocenters. The molecule has 0 saturated heterocycles. The van der Waals surface area contributed by atoms with Crippen LogP contribution in [0.4, 0.5) is 0 Å². The molecular weight excluding hydrogens is 179 g/mol. The molecule has 0 spiro atoms. The van der Waals surface area contributed by atoms with Crippen LogP contribution in [0, 0.1) is 0 Å².